The summed E-state index contributed by atoms with van der Waals surface area (Å²) in [7, 11) is 0. The zero-order valence-corrected chi connectivity index (χ0v) is 29.6. The van der Waals surface area contributed by atoms with Crippen LogP contribution in [0.15, 0.2) is 158 Å². The van der Waals surface area contributed by atoms with Gasteiger partial charge < -0.3 is 0 Å². The second-order valence-electron chi connectivity index (χ2n) is 12.9. The first kappa shape index (κ1) is 37.0. The molecule has 0 atom stereocenters. The third-order valence-corrected chi connectivity index (χ3v) is 10.3. The average Bonchev–Trinajstić information content (AvgIpc) is 3.28. The minimum absolute atomic E-state index is 0.131. The fourth-order valence-electron chi connectivity index (χ4n) is 7.29. The molecule has 0 fully saturated rings. The maximum atomic E-state index is 10.7. The van der Waals surface area contributed by atoms with E-state index in [1.165, 1.54) is 24.3 Å². The molecule has 0 amide bonds. The smallest absolute Gasteiger partial charge is 0.196 e. The van der Waals surface area contributed by atoms with E-state index in [-0.39, 0.29) is 22.3 Å². The Morgan fingerprint density at radius 3 is 0.804 bits per heavy atom. The van der Waals surface area contributed by atoms with E-state index in [1.54, 1.807) is 72.8 Å². The van der Waals surface area contributed by atoms with Gasteiger partial charge in [-0.25, -0.2) is 0 Å². The molecule has 258 valence electrons. The van der Waals surface area contributed by atoms with Crippen LogP contribution in [0.2, 0.25) is 0 Å². The summed E-state index contributed by atoms with van der Waals surface area (Å²) in [5.74, 6) is 0. The lowest BCUT2D eigenvalue weighted by Gasteiger charge is -2.33. The standard InChI is InChI=1S/C48H26N8/c49-27-45(28-50,47(31-53,32-54)43-17-9-7-15-41(43)37-11-3-1-4-12-37)39-23-19-35(20-24-39)36-21-25-40(26-22-36)46(29-51,30-52)48(33-55,34-56)44-18-10-8-16-42(44)38-13-5-2-6-14-38/h1-26H. The second-order valence-corrected chi connectivity index (χ2v) is 12.9. The lowest BCUT2D eigenvalue weighted by Crippen LogP contribution is -2.46. The van der Waals surface area contributed by atoms with Gasteiger partial charge in [0.1, 0.15) is 0 Å². The molecule has 6 aromatic rings. The Bertz CT molecular complexity index is 2530. The van der Waals surface area contributed by atoms with Crippen LogP contribution in [0, 0.1) is 90.6 Å². The summed E-state index contributed by atoms with van der Waals surface area (Å²) in [4.78, 5) is 0. The topological polar surface area (TPSA) is 190 Å². The zero-order chi connectivity index (χ0) is 39.8. The van der Waals surface area contributed by atoms with E-state index >= 15 is 0 Å². The second kappa shape index (κ2) is 15.1. The lowest BCUT2D eigenvalue weighted by molar-refractivity contribution is 0.525. The van der Waals surface area contributed by atoms with Crippen molar-refractivity contribution in [3.05, 3.63) is 180 Å². The highest BCUT2D eigenvalue weighted by Gasteiger charge is 2.59. The first-order chi connectivity index (χ1) is 27.3. The lowest BCUT2D eigenvalue weighted by atomic mass is 9.58. The maximum Gasteiger partial charge on any atom is 0.204 e. The maximum absolute atomic E-state index is 10.7. The number of hydrogen-bond donors (Lipinski definition) is 0. The summed E-state index contributed by atoms with van der Waals surface area (Å²) in [6.07, 6.45) is 0. The van der Waals surface area contributed by atoms with Gasteiger partial charge in [0.05, 0.1) is 48.6 Å². The van der Waals surface area contributed by atoms with Gasteiger partial charge in [0.15, 0.2) is 0 Å². The van der Waals surface area contributed by atoms with Crippen LogP contribution in [0.25, 0.3) is 33.4 Å². The molecule has 0 aliphatic carbocycles. The highest BCUT2D eigenvalue weighted by Crippen LogP contribution is 2.49. The van der Waals surface area contributed by atoms with Crippen LogP contribution in [0.3, 0.4) is 0 Å². The molecule has 0 saturated heterocycles. The van der Waals surface area contributed by atoms with Gasteiger partial charge in [-0.05, 0) is 55.6 Å². The predicted octanol–water partition coefficient (Wildman–Crippen LogP) is 9.23. The molecular weight excluding hydrogens is 689 g/mol. The predicted molar refractivity (Wildman–Crippen MR) is 207 cm³/mol. The first-order valence-corrected chi connectivity index (χ1v) is 17.2. The average molecular weight is 715 g/mol. The van der Waals surface area contributed by atoms with E-state index in [0.29, 0.717) is 33.4 Å². The molecule has 0 unspecified atom stereocenters. The van der Waals surface area contributed by atoms with Crippen LogP contribution >= 0.6 is 0 Å². The third kappa shape index (κ3) is 5.47. The largest absolute Gasteiger partial charge is 0.204 e. The van der Waals surface area contributed by atoms with Crippen molar-refractivity contribution in [1.29, 1.82) is 42.1 Å². The van der Waals surface area contributed by atoms with Gasteiger partial charge in [-0.15, -0.1) is 0 Å². The molecule has 6 rings (SSSR count). The molecule has 0 saturated carbocycles. The van der Waals surface area contributed by atoms with Crippen molar-refractivity contribution in [3.63, 3.8) is 0 Å². The fourth-order valence-corrected chi connectivity index (χ4v) is 7.29. The van der Waals surface area contributed by atoms with Crippen LogP contribution in [0.1, 0.15) is 22.3 Å². The van der Waals surface area contributed by atoms with E-state index in [2.05, 4.69) is 24.3 Å². The van der Waals surface area contributed by atoms with Crippen LogP contribution in [0.4, 0.5) is 0 Å². The fraction of sp³-hybridized carbons (Fsp3) is 0.0833. The molecule has 56 heavy (non-hydrogen) atoms. The van der Waals surface area contributed by atoms with Crippen molar-refractivity contribution < 1.29 is 0 Å². The highest BCUT2D eigenvalue weighted by atomic mass is 14.6. The molecule has 0 bridgehead atoms. The monoisotopic (exact) mass is 714 g/mol. The molecule has 0 aliphatic heterocycles. The number of hydrogen-bond acceptors (Lipinski definition) is 8. The Balaban J connectivity index is 1.42. The van der Waals surface area contributed by atoms with Crippen molar-refractivity contribution in [2.45, 2.75) is 21.7 Å². The number of rotatable bonds is 9. The quantitative estimate of drug-likeness (QED) is 0.141. The summed E-state index contributed by atoms with van der Waals surface area (Å²) < 4.78 is 0. The van der Waals surface area contributed by atoms with Gasteiger partial charge in [-0.2, -0.15) is 42.1 Å². The SMILES string of the molecule is N#CC(C#N)(c1ccc(-c2ccc(C(C#N)(C#N)C(C#N)(C#N)c3ccccc3-c3ccccc3)cc2)cc1)C(C#N)(C#N)c1ccccc1-c1ccccc1. The highest BCUT2D eigenvalue weighted by molar-refractivity contribution is 5.76. The van der Waals surface area contributed by atoms with Gasteiger partial charge in [0, 0.05) is 0 Å². The molecule has 0 aliphatic rings. The van der Waals surface area contributed by atoms with E-state index in [9.17, 15) is 42.1 Å². The first-order valence-electron chi connectivity index (χ1n) is 17.2. The minimum Gasteiger partial charge on any atom is -0.196 e. The minimum atomic E-state index is -2.25. The number of benzene rings is 6. The van der Waals surface area contributed by atoms with Crippen molar-refractivity contribution in [2.75, 3.05) is 0 Å². The normalized spacial score (nSPS) is 11.1. The van der Waals surface area contributed by atoms with Crippen molar-refractivity contribution in [3.8, 4) is 81.9 Å². The molecule has 0 aromatic heterocycles. The summed E-state index contributed by atoms with van der Waals surface area (Å²) >= 11 is 0. The number of nitrogens with zero attached hydrogens (tertiary/aromatic N) is 8. The summed E-state index contributed by atoms with van der Waals surface area (Å²) in [6.45, 7) is 0. The third-order valence-electron chi connectivity index (χ3n) is 10.3. The molecule has 0 N–H and O–H groups in total. The summed E-state index contributed by atoms with van der Waals surface area (Å²) in [6, 6.07) is 60.7. The summed E-state index contributed by atoms with van der Waals surface area (Å²) in [5.41, 5.74) is -4.58. The Morgan fingerprint density at radius 2 is 0.518 bits per heavy atom. The Labute approximate surface area is 324 Å². The van der Waals surface area contributed by atoms with Gasteiger partial charge in [-0.3, -0.25) is 0 Å². The van der Waals surface area contributed by atoms with Crippen LogP contribution in [-0.2, 0) is 21.7 Å². The Hall–Kier alpha value is -8.76. The van der Waals surface area contributed by atoms with E-state index in [1.807, 2.05) is 84.9 Å². The van der Waals surface area contributed by atoms with Gasteiger partial charge in [0.25, 0.3) is 0 Å². The van der Waals surface area contributed by atoms with Gasteiger partial charge in [-0.1, -0.05) is 158 Å². The molecule has 8 heteroatoms. The molecular formula is C48H26N8. The molecule has 0 spiro atoms. The molecule has 8 nitrogen and oxygen atoms in total. The molecule has 0 heterocycles. The van der Waals surface area contributed by atoms with E-state index in [0.717, 1.165) is 0 Å². The van der Waals surface area contributed by atoms with Gasteiger partial charge in [0.2, 0.25) is 21.7 Å². The van der Waals surface area contributed by atoms with Crippen molar-refractivity contribution in [1.82, 2.24) is 0 Å². The molecule has 6 aromatic carbocycles. The van der Waals surface area contributed by atoms with E-state index < -0.39 is 21.7 Å². The van der Waals surface area contributed by atoms with Crippen molar-refractivity contribution in [2.24, 2.45) is 0 Å². The van der Waals surface area contributed by atoms with E-state index in [4.69, 9.17) is 0 Å². The van der Waals surface area contributed by atoms with Crippen LogP contribution in [-0.4, -0.2) is 0 Å². The van der Waals surface area contributed by atoms with Gasteiger partial charge >= 0.3 is 0 Å². The van der Waals surface area contributed by atoms with Crippen LogP contribution < -0.4 is 0 Å². The zero-order valence-electron chi connectivity index (χ0n) is 29.6. The van der Waals surface area contributed by atoms with Crippen LogP contribution in [0.5, 0.6) is 0 Å². The Morgan fingerprint density at radius 1 is 0.250 bits per heavy atom. The Kier molecular flexibility index (Phi) is 9.96. The number of nitriles is 8. The van der Waals surface area contributed by atoms with Crippen molar-refractivity contribution >= 4 is 0 Å². The molecule has 0 radical (unpaired) electrons. The summed E-state index contributed by atoms with van der Waals surface area (Å²) in [5, 5.41) is 85.6.